The lowest BCUT2D eigenvalue weighted by Crippen LogP contribution is -2.39. The van der Waals surface area contributed by atoms with Gasteiger partial charge in [0.25, 0.3) is 5.91 Å². The normalized spacial score (nSPS) is 15.8. The molecule has 5 nitrogen and oxygen atoms in total. The summed E-state index contributed by atoms with van der Waals surface area (Å²) in [5.41, 5.74) is 2.77. The van der Waals surface area contributed by atoms with Crippen molar-refractivity contribution in [1.82, 2.24) is 19.4 Å². The zero-order valence-electron chi connectivity index (χ0n) is 13.5. The van der Waals surface area contributed by atoms with E-state index in [1.165, 1.54) is 5.52 Å². The summed E-state index contributed by atoms with van der Waals surface area (Å²) in [5, 5.41) is 0. The number of pyridine rings is 1. The summed E-state index contributed by atoms with van der Waals surface area (Å²) in [4.78, 5) is 23.0. The van der Waals surface area contributed by atoms with E-state index < -0.39 is 0 Å². The average Bonchev–Trinajstić information content (AvgIpc) is 3.06. The van der Waals surface area contributed by atoms with Crippen molar-refractivity contribution in [3.05, 3.63) is 60.7 Å². The molecule has 122 valence electrons. The van der Waals surface area contributed by atoms with E-state index in [0.29, 0.717) is 11.6 Å². The number of fused-ring (bicyclic) bond motifs is 1. The van der Waals surface area contributed by atoms with E-state index in [1.807, 2.05) is 35.5 Å². The number of likely N-dealkylation sites (tertiary alicyclic amines) is 1. The first kappa shape index (κ1) is 14.9. The fraction of sp³-hybridized carbons (Fsp3) is 0.316. The van der Waals surface area contributed by atoms with Crippen molar-refractivity contribution < 1.29 is 4.79 Å². The fourth-order valence-electron chi connectivity index (χ4n) is 3.40. The number of amides is 1. The third kappa shape index (κ3) is 2.89. The lowest BCUT2D eigenvalue weighted by molar-refractivity contribution is 0.0677. The standard InChI is InChI=1S/C19H20N4O/c24-19(17-6-3-4-10-20-17)22-11-8-15(9-12-22)13-23-14-21-16-5-1-2-7-18(16)23/h1-7,10,14-15H,8-9,11-13H2. The molecule has 1 aliphatic heterocycles. The van der Waals surface area contributed by atoms with Crippen LogP contribution in [-0.2, 0) is 6.54 Å². The summed E-state index contributed by atoms with van der Waals surface area (Å²) in [6, 6.07) is 13.7. The number of para-hydroxylation sites is 2. The van der Waals surface area contributed by atoms with Gasteiger partial charge in [-0.1, -0.05) is 18.2 Å². The van der Waals surface area contributed by atoms with Gasteiger partial charge < -0.3 is 9.47 Å². The maximum absolute atomic E-state index is 12.4. The molecular weight excluding hydrogens is 300 g/mol. The Balaban J connectivity index is 1.39. The van der Waals surface area contributed by atoms with Crippen LogP contribution in [0.1, 0.15) is 23.3 Å². The van der Waals surface area contributed by atoms with Crippen LogP contribution < -0.4 is 0 Å². The van der Waals surface area contributed by atoms with E-state index in [9.17, 15) is 4.79 Å². The minimum atomic E-state index is 0.0436. The highest BCUT2D eigenvalue weighted by atomic mass is 16.2. The van der Waals surface area contributed by atoms with Crippen molar-refractivity contribution in [1.29, 1.82) is 0 Å². The van der Waals surface area contributed by atoms with Crippen molar-refractivity contribution in [3.8, 4) is 0 Å². The number of piperidine rings is 1. The van der Waals surface area contributed by atoms with Gasteiger partial charge >= 0.3 is 0 Å². The first-order valence-electron chi connectivity index (χ1n) is 8.41. The van der Waals surface area contributed by atoms with Crippen molar-refractivity contribution in [2.45, 2.75) is 19.4 Å². The molecule has 0 N–H and O–H groups in total. The second-order valence-electron chi connectivity index (χ2n) is 6.34. The number of nitrogens with zero attached hydrogens (tertiary/aromatic N) is 4. The predicted molar refractivity (Wildman–Crippen MR) is 92.6 cm³/mol. The Bertz CT molecular complexity index is 835. The van der Waals surface area contributed by atoms with Crippen LogP contribution in [0.2, 0.25) is 0 Å². The third-order valence-electron chi connectivity index (χ3n) is 4.77. The van der Waals surface area contributed by atoms with Gasteiger partial charge in [-0.15, -0.1) is 0 Å². The lowest BCUT2D eigenvalue weighted by Gasteiger charge is -2.32. The summed E-state index contributed by atoms with van der Waals surface area (Å²) in [7, 11) is 0. The maximum Gasteiger partial charge on any atom is 0.272 e. The maximum atomic E-state index is 12.4. The molecule has 0 spiro atoms. The Morgan fingerprint density at radius 2 is 1.83 bits per heavy atom. The molecule has 1 saturated heterocycles. The van der Waals surface area contributed by atoms with E-state index in [1.54, 1.807) is 12.3 Å². The molecule has 1 amide bonds. The highest BCUT2D eigenvalue weighted by Gasteiger charge is 2.24. The highest BCUT2D eigenvalue weighted by Crippen LogP contribution is 2.22. The Morgan fingerprint density at radius 1 is 1.04 bits per heavy atom. The number of rotatable bonds is 3. The Hall–Kier alpha value is -2.69. The number of carbonyl (C=O) groups is 1. The molecule has 0 radical (unpaired) electrons. The van der Waals surface area contributed by atoms with E-state index >= 15 is 0 Å². The van der Waals surface area contributed by atoms with Gasteiger partial charge in [0.05, 0.1) is 17.4 Å². The smallest absolute Gasteiger partial charge is 0.272 e. The number of imidazole rings is 1. The van der Waals surface area contributed by atoms with E-state index in [2.05, 4.69) is 26.7 Å². The molecule has 1 aliphatic rings. The minimum absolute atomic E-state index is 0.0436. The first-order valence-corrected chi connectivity index (χ1v) is 8.41. The monoisotopic (exact) mass is 320 g/mol. The highest BCUT2D eigenvalue weighted by molar-refractivity contribution is 5.92. The minimum Gasteiger partial charge on any atom is -0.337 e. The van der Waals surface area contributed by atoms with Crippen LogP contribution in [0.5, 0.6) is 0 Å². The molecule has 24 heavy (non-hydrogen) atoms. The van der Waals surface area contributed by atoms with E-state index in [-0.39, 0.29) is 5.91 Å². The van der Waals surface area contributed by atoms with E-state index in [4.69, 9.17) is 0 Å². The molecule has 0 aliphatic carbocycles. The number of aromatic nitrogens is 3. The molecule has 0 atom stereocenters. The van der Waals surface area contributed by atoms with Crippen LogP contribution >= 0.6 is 0 Å². The molecule has 3 heterocycles. The van der Waals surface area contributed by atoms with Crippen LogP contribution in [0.25, 0.3) is 11.0 Å². The first-order chi connectivity index (χ1) is 11.8. The van der Waals surface area contributed by atoms with Gasteiger partial charge in [-0.3, -0.25) is 9.78 Å². The zero-order valence-corrected chi connectivity index (χ0v) is 13.5. The van der Waals surface area contributed by atoms with Crippen LogP contribution in [0.3, 0.4) is 0 Å². The molecular formula is C19H20N4O. The number of carbonyl (C=O) groups excluding carboxylic acids is 1. The summed E-state index contributed by atoms with van der Waals surface area (Å²) in [6.07, 6.45) is 5.64. The van der Waals surface area contributed by atoms with Gasteiger partial charge in [-0.2, -0.15) is 0 Å². The summed E-state index contributed by atoms with van der Waals surface area (Å²) in [6.45, 7) is 2.56. The molecule has 0 unspecified atom stereocenters. The van der Waals surface area contributed by atoms with Crippen molar-refractivity contribution in [3.63, 3.8) is 0 Å². The molecule has 5 heteroatoms. The number of hydrogen-bond acceptors (Lipinski definition) is 3. The van der Waals surface area contributed by atoms with Gasteiger partial charge in [0.1, 0.15) is 5.69 Å². The van der Waals surface area contributed by atoms with Gasteiger partial charge in [0.15, 0.2) is 0 Å². The van der Waals surface area contributed by atoms with Gasteiger partial charge in [0.2, 0.25) is 0 Å². The van der Waals surface area contributed by atoms with Crippen LogP contribution in [0.4, 0.5) is 0 Å². The largest absolute Gasteiger partial charge is 0.337 e. The Morgan fingerprint density at radius 3 is 2.62 bits per heavy atom. The van der Waals surface area contributed by atoms with E-state index in [0.717, 1.165) is 38.0 Å². The van der Waals surface area contributed by atoms with Gasteiger partial charge in [-0.25, -0.2) is 4.98 Å². The fourth-order valence-corrected chi connectivity index (χ4v) is 3.40. The number of benzene rings is 1. The molecule has 3 aromatic rings. The average molecular weight is 320 g/mol. The van der Waals surface area contributed by atoms with Crippen LogP contribution in [0.15, 0.2) is 55.0 Å². The second-order valence-corrected chi connectivity index (χ2v) is 6.34. The summed E-state index contributed by atoms with van der Waals surface area (Å²) in [5.74, 6) is 0.623. The molecule has 0 saturated carbocycles. The van der Waals surface area contributed by atoms with Gasteiger partial charge in [-0.05, 0) is 43.0 Å². The molecule has 4 rings (SSSR count). The lowest BCUT2D eigenvalue weighted by atomic mass is 9.96. The Labute approximate surface area is 140 Å². The van der Waals surface area contributed by atoms with Crippen molar-refractivity contribution in [2.24, 2.45) is 5.92 Å². The molecule has 0 bridgehead atoms. The second kappa shape index (κ2) is 6.43. The van der Waals surface area contributed by atoms with Gasteiger partial charge in [0, 0.05) is 25.8 Å². The topological polar surface area (TPSA) is 51.0 Å². The predicted octanol–water partition coefficient (Wildman–Crippen LogP) is 2.98. The van der Waals surface area contributed by atoms with Crippen LogP contribution in [0, 0.1) is 5.92 Å². The van der Waals surface area contributed by atoms with Crippen molar-refractivity contribution >= 4 is 16.9 Å². The zero-order chi connectivity index (χ0) is 16.4. The molecule has 2 aromatic heterocycles. The quantitative estimate of drug-likeness (QED) is 0.745. The summed E-state index contributed by atoms with van der Waals surface area (Å²) >= 11 is 0. The summed E-state index contributed by atoms with van der Waals surface area (Å²) < 4.78 is 2.23. The molecule has 1 aromatic carbocycles. The Kier molecular flexibility index (Phi) is 3.99. The SMILES string of the molecule is O=C(c1ccccn1)N1CCC(Cn2cnc3ccccc32)CC1. The number of hydrogen-bond donors (Lipinski definition) is 0. The van der Waals surface area contributed by atoms with Crippen LogP contribution in [-0.4, -0.2) is 38.4 Å². The van der Waals surface area contributed by atoms with Crippen molar-refractivity contribution in [2.75, 3.05) is 13.1 Å². The third-order valence-corrected chi connectivity index (χ3v) is 4.77. The molecule has 1 fully saturated rings.